The fraction of sp³-hybridized carbons (Fsp3) is 0.214. The van der Waals surface area contributed by atoms with Gasteiger partial charge in [-0.2, -0.15) is 0 Å². The van der Waals surface area contributed by atoms with Crippen LogP contribution in [0.3, 0.4) is 0 Å². The summed E-state index contributed by atoms with van der Waals surface area (Å²) < 4.78 is 15.1. The largest absolute Gasteiger partial charge is 0.311 e. The van der Waals surface area contributed by atoms with E-state index < -0.39 is 0 Å². The summed E-state index contributed by atoms with van der Waals surface area (Å²) in [5.41, 5.74) is 1.85. The number of aromatic nitrogens is 1. The summed E-state index contributed by atoms with van der Waals surface area (Å²) in [7, 11) is 1.88. The summed E-state index contributed by atoms with van der Waals surface area (Å²) >= 11 is 6.89. The summed E-state index contributed by atoms with van der Waals surface area (Å²) in [6.45, 7) is 0. The van der Waals surface area contributed by atoms with Crippen molar-refractivity contribution < 1.29 is 4.39 Å². The Labute approximate surface area is 128 Å². The second-order valence-corrected chi connectivity index (χ2v) is 5.97. The molecule has 1 aromatic carbocycles. The first-order valence-electron chi connectivity index (χ1n) is 5.83. The summed E-state index contributed by atoms with van der Waals surface area (Å²) in [5.74, 6) is -0.213. The van der Waals surface area contributed by atoms with Crippen molar-refractivity contribution in [2.45, 2.75) is 12.5 Å². The maximum Gasteiger partial charge on any atom is 0.123 e. The molecule has 5 heteroatoms. The van der Waals surface area contributed by atoms with E-state index in [-0.39, 0.29) is 11.9 Å². The van der Waals surface area contributed by atoms with Crippen LogP contribution in [0.1, 0.15) is 17.3 Å². The molecule has 0 saturated heterocycles. The van der Waals surface area contributed by atoms with Gasteiger partial charge in [0.25, 0.3) is 0 Å². The number of rotatable bonds is 4. The second-order valence-electron chi connectivity index (χ2n) is 4.20. The third kappa shape index (κ3) is 3.84. The lowest BCUT2D eigenvalue weighted by Crippen LogP contribution is -2.20. The molecule has 1 heterocycles. The van der Waals surface area contributed by atoms with Gasteiger partial charge in [0.1, 0.15) is 5.82 Å². The lowest BCUT2D eigenvalue weighted by molar-refractivity contribution is 0.568. The Morgan fingerprint density at radius 3 is 2.74 bits per heavy atom. The minimum absolute atomic E-state index is 0.0317. The van der Waals surface area contributed by atoms with Crippen LogP contribution in [0, 0.1) is 5.82 Å². The molecule has 0 amide bonds. The lowest BCUT2D eigenvalue weighted by Gasteiger charge is -2.17. The van der Waals surface area contributed by atoms with Crippen LogP contribution in [-0.2, 0) is 6.42 Å². The summed E-state index contributed by atoms with van der Waals surface area (Å²) in [6, 6.07) is 8.63. The number of nitrogens with zero attached hydrogens (tertiary/aromatic N) is 1. The molecule has 1 unspecified atom stereocenters. The fourth-order valence-electron chi connectivity index (χ4n) is 1.92. The van der Waals surface area contributed by atoms with E-state index >= 15 is 0 Å². The molecule has 0 aliphatic carbocycles. The average molecular weight is 388 g/mol. The minimum Gasteiger partial charge on any atom is -0.311 e. The van der Waals surface area contributed by atoms with Crippen molar-refractivity contribution >= 4 is 31.9 Å². The Kier molecular flexibility index (Phi) is 5.07. The van der Waals surface area contributed by atoms with Crippen molar-refractivity contribution in [2.75, 3.05) is 7.05 Å². The van der Waals surface area contributed by atoms with Gasteiger partial charge in [0.05, 0.1) is 11.7 Å². The molecule has 0 bridgehead atoms. The maximum atomic E-state index is 13.2. The van der Waals surface area contributed by atoms with Crippen LogP contribution in [0.4, 0.5) is 4.39 Å². The standard InChI is InChI=1S/C14H13Br2FN2/c1-18-13(6-9-3-2-4-11(17)5-9)14-12(16)7-10(15)8-19-14/h2-5,7-8,13,18H,6H2,1H3. The maximum absolute atomic E-state index is 13.2. The van der Waals surface area contributed by atoms with E-state index in [4.69, 9.17) is 0 Å². The number of hydrogen-bond acceptors (Lipinski definition) is 2. The first kappa shape index (κ1) is 14.6. The van der Waals surface area contributed by atoms with E-state index in [0.29, 0.717) is 6.42 Å². The topological polar surface area (TPSA) is 24.9 Å². The molecule has 0 spiro atoms. The van der Waals surface area contributed by atoms with E-state index in [9.17, 15) is 4.39 Å². The Bertz CT molecular complexity index is 575. The highest BCUT2D eigenvalue weighted by atomic mass is 79.9. The average Bonchev–Trinajstić information content (AvgIpc) is 2.37. The van der Waals surface area contributed by atoms with Crippen LogP contribution >= 0.6 is 31.9 Å². The van der Waals surface area contributed by atoms with E-state index in [1.165, 1.54) is 6.07 Å². The number of halogens is 3. The highest BCUT2D eigenvalue weighted by molar-refractivity contribution is 9.11. The first-order valence-corrected chi connectivity index (χ1v) is 7.41. The molecule has 19 heavy (non-hydrogen) atoms. The van der Waals surface area contributed by atoms with Crippen LogP contribution in [-0.4, -0.2) is 12.0 Å². The van der Waals surface area contributed by atoms with Crippen LogP contribution in [0.5, 0.6) is 0 Å². The zero-order chi connectivity index (χ0) is 13.8. The van der Waals surface area contributed by atoms with Crippen molar-refractivity contribution in [3.05, 3.63) is 62.5 Å². The van der Waals surface area contributed by atoms with Gasteiger partial charge in [0, 0.05) is 15.1 Å². The summed E-state index contributed by atoms with van der Waals surface area (Å²) in [6.07, 6.45) is 2.44. The molecule has 0 saturated carbocycles. The minimum atomic E-state index is -0.213. The number of likely N-dealkylation sites (N-methyl/N-ethyl adjacent to an activating group) is 1. The van der Waals surface area contributed by atoms with Crippen molar-refractivity contribution in [1.82, 2.24) is 10.3 Å². The monoisotopic (exact) mass is 386 g/mol. The van der Waals surface area contributed by atoms with Gasteiger partial charge >= 0.3 is 0 Å². The predicted octanol–water partition coefficient (Wildman–Crippen LogP) is 4.25. The van der Waals surface area contributed by atoms with Crippen LogP contribution < -0.4 is 5.32 Å². The quantitative estimate of drug-likeness (QED) is 0.848. The SMILES string of the molecule is CNC(Cc1cccc(F)c1)c1ncc(Br)cc1Br. The molecule has 0 aliphatic rings. The van der Waals surface area contributed by atoms with Crippen molar-refractivity contribution in [2.24, 2.45) is 0 Å². The van der Waals surface area contributed by atoms with Gasteiger partial charge in [0.15, 0.2) is 0 Å². The van der Waals surface area contributed by atoms with Crippen molar-refractivity contribution in [1.29, 1.82) is 0 Å². The zero-order valence-corrected chi connectivity index (χ0v) is 13.5. The van der Waals surface area contributed by atoms with Crippen LogP contribution in [0.25, 0.3) is 0 Å². The molecule has 1 atom stereocenters. The van der Waals surface area contributed by atoms with Gasteiger partial charge in [-0.15, -0.1) is 0 Å². The molecule has 0 fully saturated rings. The Morgan fingerprint density at radius 1 is 1.32 bits per heavy atom. The molecule has 1 aromatic heterocycles. The van der Waals surface area contributed by atoms with Gasteiger partial charge in [-0.05, 0) is 69.1 Å². The van der Waals surface area contributed by atoms with Gasteiger partial charge in [-0.25, -0.2) is 4.39 Å². The lowest BCUT2D eigenvalue weighted by atomic mass is 10.0. The van der Waals surface area contributed by atoms with Crippen molar-refractivity contribution in [3.63, 3.8) is 0 Å². The highest BCUT2D eigenvalue weighted by Crippen LogP contribution is 2.26. The summed E-state index contributed by atoms with van der Waals surface area (Å²) in [4.78, 5) is 4.42. The Hall–Kier alpha value is -0.780. The molecule has 100 valence electrons. The molecular weight excluding hydrogens is 375 g/mol. The molecular formula is C14H13Br2FN2. The predicted molar refractivity (Wildman–Crippen MR) is 81.5 cm³/mol. The molecule has 1 N–H and O–H groups in total. The number of pyridine rings is 1. The van der Waals surface area contributed by atoms with Gasteiger partial charge in [-0.3, -0.25) is 4.98 Å². The zero-order valence-electron chi connectivity index (χ0n) is 10.3. The second kappa shape index (κ2) is 6.59. The number of nitrogens with one attached hydrogen (secondary N) is 1. The molecule has 2 rings (SSSR count). The normalized spacial score (nSPS) is 12.4. The highest BCUT2D eigenvalue weighted by Gasteiger charge is 2.15. The van der Waals surface area contributed by atoms with E-state index in [1.54, 1.807) is 18.3 Å². The van der Waals surface area contributed by atoms with Crippen molar-refractivity contribution in [3.8, 4) is 0 Å². The Morgan fingerprint density at radius 2 is 2.11 bits per heavy atom. The molecule has 2 aromatic rings. The molecule has 0 radical (unpaired) electrons. The van der Waals surface area contributed by atoms with Crippen LogP contribution in [0.15, 0.2) is 45.5 Å². The molecule has 2 nitrogen and oxygen atoms in total. The smallest absolute Gasteiger partial charge is 0.123 e. The van der Waals surface area contributed by atoms with Gasteiger partial charge in [-0.1, -0.05) is 12.1 Å². The third-order valence-electron chi connectivity index (χ3n) is 2.84. The number of hydrogen-bond donors (Lipinski definition) is 1. The van der Waals surface area contributed by atoms with E-state index in [1.807, 2.05) is 19.2 Å². The number of benzene rings is 1. The van der Waals surface area contributed by atoms with Crippen LogP contribution in [0.2, 0.25) is 0 Å². The van der Waals surface area contributed by atoms with E-state index in [0.717, 1.165) is 20.2 Å². The fourth-order valence-corrected chi connectivity index (χ4v) is 3.18. The summed E-state index contributed by atoms with van der Waals surface area (Å²) in [5, 5.41) is 3.22. The van der Waals surface area contributed by atoms with Gasteiger partial charge < -0.3 is 5.32 Å². The molecule has 0 aliphatic heterocycles. The van der Waals surface area contributed by atoms with E-state index in [2.05, 4.69) is 42.2 Å². The first-order chi connectivity index (χ1) is 9.10. The van der Waals surface area contributed by atoms with Gasteiger partial charge in [0.2, 0.25) is 0 Å². The Balaban J connectivity index is 2.25. The third-order valence-corrected chi connectivity index (χ3v) is 3.91.